The van der Waals surface area contributed by atoms with Crippen molar-refractivity contribution in [3.8, 4) is 11.1 Å². The molecule has 4 N–H and O–H groups in total. The molecule has 3 fully saturated rings. The van der Waals surface area contributed by atoms with Gasteiger partial charge in [-0.25, -0.2) is 9.67 Å². The fraction of sp³-hybridized carbons (Fsp3) is 0.512. The van der Waals surface area contributed by atoms with Crippen LogP contribution in [-0.4, -0.2) is 76.4 Å². The largest absolute Gasteiger partial charge is 0.381 e. The molecule has 2 amide bonds. The lowest BCUT2D eigenvalue weighted by Gasteiger charge is -2.34. The average molecular weight is 707 g/mol. The number of benzene rings is 2. The summed E-state index contributed by atoms with van der Waals surface area (Å²) in [5.74, 6) is -0.443. The van der Waals surface area contributed by atoms with E-state index < -0.39 is 5.41 Å². The quantitative estimate of drug-likeness (QED) is 0.142. The Labute approximate surface area is 307 Å². The monoisotopic (exact) mass is 706 g/mol. The molecule has 2 aromatic carbocycles. The van der Waals surface area contributed by atoms with Gasteiger partial charge in [-0.2, -0.15) is 5.10 Å². The summed E-state index contributed by atoms with van der Waals surface area (Å²) in [6.45, 7) is 15.4. The van der Waals surface area contributed by atoms with E-state index in [0.717, 1.165) is 97.9 Å². The van der Waals surface area contributed by atoms with E-state index in [1.54, 1.807) is 0 Å². The number of carbonyl (C=O) groups is 2. The number of ether oxygens (including phenoxy) is 1. The molecule has 1 aliphatic carbocycles. The van der Waals surface area contributed by atoms with Gasteiger partial charge in [0.05, 0.1) is 17.3 Å². The van der Waals surface area contributed by atoms with E-state index in [1.165, 1.54) is 16.7 Å². The number of nitrogens with one attached hydrogen (secondary N) is 4. The first-order valence-corrected chi connectivity index (χ1v) is 19.2. The van der Waals surface area contributed by atoms with E-state index in [9.17, 15) is 9.59 Å². The topological polar surface area (TPSA) is 125 Å². The lowest BCUT2D eigenvalue weighted by atomic mass is 9.96. The van der Waals surface area contributed by atoms with Crippen molar-refractivity contribution < 1.29 is 14.3 Å². The van der Waals surface area contributed by atoms with Crippen LogP contribution in [0.3, 0.4) is 0 Å². The van der Waals surface area contributed by atoms with Gasteiger partial charge in [0.15, 0.2) is 5.65 Å². The molecule has 2 aliphatic heterocycles. The molecule has 11 heteroatoms. The predicted octanol–water partition coefficient (Wildman–Crippen LogP) is 5.09. The van der Waals surface area contributed by atoms with Crippen LogP contribution in [-0.2, 0) is 46.9 Å². The van der Waals surface area contributed by atoms with Gasteiger partial charge in [-0.05, 0) is 92.8 Å². The zero-order valence-electron chi connectivity index (χ0n) is 31.2. The second-order valence-electron chi connectivity index (χ2n) is 14.8. The second-order valence-corrected chi connectivity index (χ2v) is 14.8. The van der Waals surface area contributed by atoms with Crippen LogP contribution >= 0.6 is 0 Å². The molecule has 4 aromatic rings. The molecule has 4 heterocycles. The Morgan fingerprint density at radius 2 is 1.81 bits per heavy atom. The van der Waals surface area contributed by atoms with Crippen molar-refractivity contribution >= 4 is 28.5 Å². The van der Waals surface area contributed by atoms with Crippen LogP contribution < -0.4 is 21.3 Å². The minimum absolute atomic E-state index is 0.215. The number of piperazine rings is 1. The van der Waals surface area contributed by atoms with Crippen molar-refractivity contribution in [1.29, 1.82) is 0 Å². The first-order chi connectivity index (χ1) is 25.3. The predicted molar refractivity (Wildman–Crippen MR) is 205 cm³/mol. The van der Waals surface area contributed by atoms with Crippen molar-refractivity contribution in [3.05, 3.63) is 76.6 Å². The molecule has 276 valence electrons. The zero-order valence-corrected chi connectivity index (χ0v) is 31.2. The number of fused-ring (bicyclic) bond motifs is 1. The molecule has 0 bridgehead atoms. The fourth-order valence-corrected chi connectivity index (χ4v) is 7.75. The molecule has 3 aliphatic rings. The maximum absolute atomic E-state index is 13.8. The Hall–Kier alpha value is -4.32. The third-order valence-corrected chi connectivity index (χ3v) is 11.2. The van der Waals surface area contributed by atoms with E-state index in [4.69, 9.17) is 9.72 Å². The molecule has 7 rings (SSSR count). The van der Waals surface area contributed by atoms with E-state index in [2.05, 4.69) is 101 Å². The highest BCUT2D eigenvalue weighted by molar-refractivity contribution is 6.08. The Morgan fingerprint density at radius 1 is 1.02 bits per heavy atom. The van der Waals surface area contributed by atoms with E-state index in [0.29, 0.717) is 31.8 Å². The van der Waals surface area contributed by atoms with E-state index in [-0.39, 0.29) is 24.4 Å². The van der Waals surface area contributed by atoms with Gasteiger partial charge in [-0.1, -0.05) is 37.3 Å². The highest BCUT2D eigenvalue weighted by Crippen LogP contribution is 2.46. The van der Waals surface area contributed by atoms with Crippen LogP contribution in [0.4, 0.5) is 5.69 Å². The Bertz CT molecular complexity index is 1910. The molecule has 11 nitrogen and oxygen atoms in total. The third-order valence-electron chi connectivity index (χ3n) is 11.2. The molecule has 52 heavy (non-hydrogen) atoms. The number of amides is 2. The van der Waals surface area contributed by atoms with E-state index in [1.807, 2.05) is 10.9 Å². The van der Waals surface area contributed by atoms with Crippen LogP contribution in [0.1, 0.15) is 74.4 Å². The lowest BCUT2D eigenvalue weighted by molar-refractivity contribution is -0.137. The normalized spacial score (nSPS) is 19.0. The summed E-state index contributed by atoms with van der Waals surface area (Å²) in [5, 5.41) is 19.1. The van der Waals surface area contributed by atoms with Gasteiger partial charge < -0.3 is 26.0 Å². The summed E-state index contributed by atoms with van der Waals surface area (Å²) in [6, 6.07) is 15.9. The van der Waals surface area contributed by atoms with Crippen molar-refractivity contribution in [1.82, 2.24) is 35.6 Å². The Kier molecular flexibility index (Phi) is 10.9. The number of pyridine rings is 1. The number of hydrogen-bond acceptors (Lipinski definition) is 8. The lowest BCUT2D eigenvalue weighted by Crippen LogP contribution is -2.49. The smallest absolute Gasteiger partial charge is 0.235 e. The molecule has 2 saturated heterocycles. The Balaban J connectivity index is 1.03. The molecule has 0 spiro atoms. The van der Waals surface area contributed by atoms with Gasteiger partial charge in [0.1, 0.15) is 5.41 Å². The first kappa shape index (κ1) is 36.1. The van der Waals surface area contributed by atoms with Gasteiger partial charge in [0, 0.05) is 82.4 Å². The van der Waals surface area contributed by atoms with Gasteiger partial charge in [0.25, 0.3) is 0 Å². The maximum Gasteiger partial charge on any atom is 0.235 e. The molecule has 1 saturated carbocycles. The number of carbonyl (C=O) groups excluding carboxylic acids is 2. The highest BCUT2D eigenvalue weighted by Gasteiger charge is 2.56. The van der Waals surface area contributed by atoms with Gasteiger partial charge in [-0.3, -0.25) is 14.5 Å². The molecule has 2 aromatic heterocycles. The summed E-state index contributed by atoms with van der Waals surface area (Å²) < 4.78 is 7.53. The maximum atomic E-state index is 13.8. The van der Waals surface area contributed by atoms with Gasteiger partial charge >= 0.3 is 0 Å². The third kappa shape index (κ3) is 7.58. The summed E-state index contributed by atoms with van der Waals surface area (Å²) in [4.78, 5) is 35.0. The van der Waals surface area contributed by atoms with Crippen molar-refractivity contribution in [2.75, 3.05) is 38.2 Å². The highest BCUT2D eigenvalue weighted by atomic mass is 16.5. The van der Waals surface area contributed by atoms with Crippen LogP contribution in [0, 0.1) is 12.3 Å². The fourth-order valence-electron chi connectivity index (χ4n) is 7.75. The molecule has 1 atom stereocenters. The van der Waals surface area contributed by atoms with Crippen LogP contribution in [0.5, 0.6) is 0 Å². The number of aromatic nitrogens is 3. The van der Waals surface area contributed by atoms with Crippen LogP contribution in [0.15, 0.2) is 48.7 Å². The number of rotatable bonds is 13. The molecular weight excluding hydrogens is 653 g/mol. The SMILES string of the molecule is CCc1nc2c(cnn2CC)c(NC2CCOCC2)c1CNC(=O)C1(C(=O)NCc2ccc(C)c(-c3cccc(CN4CCNC[C@H]4C)c3)c2)CC1. The van der Waals surface area contributed by atoms with Gasteiger partial charge in [-0.15, -0.1) is 0 Å². The summed E-state index contributed by atoms with van der Waals surface area (Å²) in [6.07, 6.45) is 5.48. The zero-order chi connectivity index (χ0) is 36.2. The summed E-state index contributed by atoms with van der Waals surface area (Å²) >= 11 is 0. The first-order valence-electron chi connectivity index (χ1n) is 19.2. The van der Waals surface area contributed by atoms with Crippen molar-refractivity contribution in [2.24, 2.45) is 5.41 Å². The number of hydrogen-bond donors (Lipinski definition) is 4. The standard InChI is InChI=1S/C41H54N8O3/c1-5-36-34(37(46-32-12-18-52-19-13-32)35-25-45-49(6-2)38(35)47-36)24-44-40(51)41(14-15-41)39(50)43-23-29-11-10-27(3)33(21-29)31-9-7-8-30(20-31)26-48-17-16-42-22-28(48)4/h7-11,20-21,25,28,32,42H,5-6,12-19,22-24,26H2,1-4H3,(H,43,50)(H,44,51)(H,46,47)/t28-/m1/s1. The summed E-state index contributed by atoms with van der Waals surface area (Å²) in [5.41, 5.74) is 8.49. The van der Waals surface area contributed by atoms with Crippen LogP contribution in [0.2, 0.25) is 0 Å². The molecular formula is C41H54N8O3. The summed E-state index contributed by atoms with van der Waals surface area (Å²) in [7, 11) is 0. The van der Waals surface area contributed by atoms with Crippen molar-refractivity contribution in [3.63, 3.8) is 0 Å². The molecule has 0 unspecified atom stereocenters. The van der Waals surface area contributed by atoms with Crippen molar-refractivity contribution in [2.45, 2.75) is 98.1 Å². The molecule has 0 radical (unpaired) electrons. The number of aryl methyl sites for hydroxylation is 3. The Morgan fingerprint density at radius 3 is 2.54 bits per heavy atom. The number of anilines is 1. The number of nitrogens with zero attached hydrogens (tertiary/aromatic N) is 4. The minimum atomic E-state index is -1.05. The minimum Gasteiger partial charge on any atom is -0.381 e. The average Bonchev–Trinajstić information content (AvgIpc) is 3.88. The second kappa shape index (κ2) is 15.7. The van der Waals surface area contributed by atoms with Crippen LogP contribution in [0.25, 0.3) is 22.2 Å². The van der Waals surface area contributed by atoms with Gasteiger partial charge in [0.2, 0.25) is 11.8 Å². The van der Waals surface area contributed by atoms with E-state index >= 15 is 0 Å².